The van der Waals surface area contributed by atoms with E-state index < -0.39 is 0 Å². The Kier molecular flexibility index (Phi) is 5.48. The van der Waals surface area contributed by atoms with Crippen LogP contribution in [-0.4, -0.2) is 36.3 Å². The lowest BCUT2D eigenvalue weighted by atomic mass is 10.2. The molecule has 0 aliphatic carbocycles. The smallest absolute Gasteiger partial charge is 0.214 e. The first kappa shape index (κ1) is 18.7. The van der Waals surface area contributed by atoms with Crippen LogP contribution < -0.4 is 0 Å². The zero-order valence-electron chi connectivity index (χ0n) is 15.1. The molecule has 136 valence electrons. The van der Waals surface area contributed by atoms with E-state index in [0.29, 0.717) is 16.2 Å². The van der Waals surface area contributed by atoms with Crippen LogP contribution >= 0.6 is 23.4 Å². The van der Waals surface area contributed by atoms with Gasteiger partial charge in [0.25, 0.3) is 0 Å². The Bertz CT molecular complexity index is 930. The Hall–Kier alpha value is -2.12. The number of Topliss-reactive ketones (excluding diaryl/α,β-unsaturated/α-hetero) is 1. The topological polar surface area (TPSA) is 65.6 Å². The fraction of sp³-hybridized carbons (Fsp3) is 0.333. The standard InChI is InChI=1S/C18H20ClN5OS/c1-11(2)23-12(3)9-16(13(23)4)17(25)10-26-18-20-21-22-24(18)15-7-5-14(19)6-8-15/h5-9,11H,10H2,1-4H3. The number of aryl methyl sites for hydroxylation is 1. The van der Waals surface area contributed by atoms with Gasteiger partial charge in [-0.2, -0.15) is 4.68 Å². The van der Waals surface area contributed by atoms with Crippen molar-refractivity contribution < 1.29 is 4.79 Å². The number of aromatic nitrogens is 5. The molecule has 1 aromatic carbocycles. The molecular weight excluding hydrogens is 370 g/mol. The number of carbonyl (C=O) groups is 1. The van der Waals surface area contributed by atoms with E-state index in [1.165, 1.54) is 11.8 Å². The number of hydrogen-bond acceptors (Lipinski definition) is 5. The van der Waals surface area contributed by atoms with Crippen LogP contribution in [0.5, 0.6) is 0 Å². The summed E-state index contributed by atoms with van der Waals surface area (Å²) in [5.41, 5.74) is 3.65. The van der Waals surface area contributed by atoms with Gasteiger partial charge in [-0.05, 0) is 68.5 Å². The van der Waals surface area contributed by atoms with E-state index in [1.807, 2.05) is 32.0 Å². The molecule has 0 saturated heterocycles. The van der Waals surface area contributed by atoms with Gasteiger partial charge in [0, 0.05) is 28.0 Å². The lowest BCUT2D eigenvalue weighted by Crippen LogP contribution is -2.09. The van der Waals surface area contributed by atoms with E-state index in [0.717, 1.165) is 22.6 Å². The monoisotopic (exact) mass is 389 g/mol. The summed E-state index contributed by atoms with van der Waals surface area (Å²) in [6.45, 7) is 8.24. The van der Waals surface area contributed by atoms with Crippen LogP contribution in [-0.2, 0) is 0 Å². The zero-order chi connectivity index (χ0) is 18.8. The predicted octanol–water partition coefficient (Wildman–Crippen LogP) is 4.29. The molecule has 0 spiro atoms. The van der Waals surface area contributed by atoms with Gasteiger partial charge in [0.2, 0.25) is 5.16 Å². The molecule has 26 heavy (non-hydrogen) atoms. The minimum atomic E-state index is 0.0701. The minimum Gasteiger partial charge on any atom is -0.346 e. The molecule has 0 radical (unpaired) electrons. The van der Waals surface area contributed by atoms with Gasteiger partial charge in [-0.15, -0.1) is 5.10 Å². The number of benzene rings is 1. The number of halogens is 1. The van der Waals surface area contributed by atoms with Gasteiger partial charge >= 0.3 is 0 Å². The van der Waals surface area contributed by atoms with E-state index in [9.17, 15) is 4.79 Å². The average molecular weight is 390 g/mol. The molecule has 0 aliphatic heterocycles. The van der Waals surface area contributed by atoms with Gasteiger partial charge in [-0.3, -0.25) is 4.79 Å². The minimum absolute atomic E-state index is 0.0701. The highest BCUT2D eigenvalue weighted by molar-refractivity contribution is 7.99. The van der Waals surface area contributed by atoms with Crippen LogP contribution in [0.3, 0.4) is 0 Å². The van der Waals surface area contributed by atoms with Crippen LogP contribution in [0.2, 0.25) is 5.02 Å². The van der Waals surface area contributed by atoms with E-state index in [-0.39, 0.29) is 11.5 Å². The lowest BCUT2D eigenvalue weighted by molar-refractivity contribution is 0.102. The molecule has 2 aromatic heterocycles. The van der Waals surface area contributed by atoms with Crippen molar-refractivity contribution >= 4 is 29.1 Å². The largest absolute Gasteiger partial charge is 0.346 e. The Morgan fingerprint density at radius 2 is 1.92 bits per heavy atom. The fourth-order valence-electron chi connectivity index (χ4n) is 3.08. The maximum atomic E-state index is 12.7. The summed E-state index contributed by atoms with van der Waals surface area (Å²) in [6, 6.07) is 9.50. The third-order valence-corrected chi connectivity index (χ3v) is 5.32. The molecule has 8 heteroatoms. The van der Waals surface area contributed by atoms with Crippen molar-refractivity contribution in [1.29, 1.82) is 0 Å². The van der Waals surface area contributed by atoms with Gasteiger partial charge < -0.3 is 4.57 Å². The zero-order valence-corrected chi connectivity index (χ0v) is 16.7. The number of nitrogens with zero attached hydrogens (tertiary/aromatic N) is 5. The van der Waals surface area contributed by atoms with Crippen molar-refractivity contribution in [3.05, 3.63) is 52.3 Å². The third-order valence-electron chi connectivity index (χ3n) is 4.15. The molecule has 0 aliphatic rings. The second-order valence-electron chi connectivity index (χ2n) is 6.31. The maximum Gasteiger partial charge on any atom is 0.214 e. The Labute approximate surface area is 161 Å². The van der Waals surface area contributed by atoms with Crippen LogP contribution in [0.4, 0.5) is 0 Å². The summed E-state index contributed by atoms with van der Waals surface area (Å²) < 4.78 is 3.78. The van der Waals surface area contributed by atoms with E-state index in [2.05, 4.69) is 33.9 Å². The number of ketones is 1. The normalized spacial score (nSPS) is 11.3. The number of thioether (sulfide) groups is 1. The molecule has 0 atom stereocenters. The van der Waals surface area contributed by atoms with Gasteiger partial charge in [0.15, 0.2) is 5.78 Å². The van der Waals surface area contributed by atoms with Crippen molar-refractivity contribution in [3.8, 4) is 5.69 Å². The Balaban J connectivity index is 1.76. The highest BCUT2D eigenvalue weighted by Gasteiger charge is 2.18. The van der Waals surface area contributed by atoms with Gasteiger partial charge in [-0.1, -0.05) is 23.4 Å². The Morgan fingerprint density at radius 3 is 2.54 bits per heavy atom. The predicted molar refractivity (Wildman–Crippen MR) is 104 cm³/mol. The molecule has 0 saturated carbocycles. The molecule has 0 unspecified atom stereocenters. The number of tetrazole rings is 1. The number of hydrogen-bond donors (Lipinski definition) is 0. The molecule has 0 amide bonds. The molecule has 3 aromatic rings. The highest BCUT2D eigenvalue weighted by atomic mass is 35.5. The second kappa shape index (κ2) is 7.63. The molecule has 3 rings (SSSR count). The fourth-order valence-corrected chi connectivity index (χ4v) is 3.98. The van der Waals surface area contributed by atoms with Gasteiger partial charge in [0.1, 0.15) is 0 Å². The number of carbonyl (C=O) groups excluding carboxylic acids is 1. The molecule has 0 fully saturated rings. The summed E-state index contributed by atoms with van der Waals surface area (Å²) in [5, 5.41) is 13.0. The maximum absolute atomic E-state index is 12.7. The van der Waals surface area contributed by atoms with Gasteiger partial charge in [-0.25, -0.2) is 0 Å². The molecule has 6 nitrogen and oxygen atoms in total. The third kappa shape index (κ3) is 3.68. The van der Waals surface area contributed by atoms with Crippen molar-refractivity contribution in [1.82, 2.24) is 24.8 Å². The van der Waals surface area contributed by atoms with E-state index >= 15 is 0 Å². The second-order valence-corrected chi connectivity index (χ2v) is 7.69. The highest BCUT2D eigenvalue weighted by Crippen LogP contribution is 2.24. The quantitative estimate of drug-likeness (QED) is 0.464. The van der Waals surface area contributed by atoms with Crippen LogP contribution in [0.1, 0.15) is 41.6 Å². The van der Waals surface area contributed by atoms with Crippen LogP contribution in [0.25, 0.3) is 5.69 Å². The first-order chi connectivity index (χ1) is 12.4. The van der Waals surface area contributed by atoms with E-state index in [1.54, 1.807) is 16.8 Å². The molecule has 0 bridgehead atoms. The van der Waals surface area contributed by atoms with Gasteiger partial charge in [0.05, 0.1) is 11.4 Å². The summed E-state index contributed by atoms with van der Waals surface area (Å²) in [5.74, 6) is 0.344. The number of rotatable bonds is 6. The molecular formula is C18H20ClN5OS. The summed E-state index contributed by atoms with van der Waals surface area (Å²) >= 11 is 7.25. The first-order valence-electron chi connectivity index (χ1n) is 8.27. The van der Waals surface area contributed by atoms with Crippen molar-refractivity contribution in [2.45, 2.75) is 38.9 Å². The van der Waals surface area contributed by atoms with Crippen molar-refractivity contribution in [2.75, 3.05) is 5.75 Å². The van der Waals surface area contributed by atoms with Crippen LogP contribution in [0, 0.1) is 13.8 Å². The summed E-state index contributed by atoms with van der Waals surface area (Å²) in [7, 11) is 0. The molecule has 2 heterocycles. The lowest BCUT2D eigenvalue weighted by Gasteiger charge is -2.13. The summed E-state index contributed by atoms with van der Waals surface area (Å²) in [4.78, 5) is 12.7. The molecule has 0 N–H and O–H groups in total. The average Bonchev–Trinajstić information content (AvgIpc) is 3.17. The van der Waals surface area contributed by atoms with Crippen molar-refractivity contribution in [3.63, 3.8) is 0 Å². The van der Waals surface area contributed by atoms with E-state index in [4.69, 9.17) is 11.6 Å². The Morgan fingerprint density at radius 1 is 1.23 bits per heavy atom. The van der Waals surface area contributed by atoms with Crippen molar-refractivity contribution in [2.24, 2.45) is 0 Å². The summed E-state index contributed by atoms with van der Waals surface area (Å²) in [6.07, 6.45) is 0. The first-order valence-corrected chi connectivity index (χ1v) is 9.63. The SMILES string of the molecule is Cc1cc(C(=O)CSc2nnnn2-c2ccc(Cl)cc2)c(C)n1C(C)C. The van der Waals surface area contributed by atoms with Crippen LogP contribution in [0.15, 0.2) is 35.5 Å².